The van der Waals surface area contributed by atoms with Crippen LogP contribution < -0.4 is 5.32 Å². The topological polar surface area (TPSA) is 72.3 Å². The zero-order valence-corrected chi connectivity index (χ0v) is 15.7. The number of nitrogens with zero attached hydrogens (tertiary/aromatic N) is 4. The summed E-state index contributed by atoms with van der Waals surface area (Å²) in [5.41, 5.74) is 2.27. The molecule has 0 aromatic carbocycles. The van der Waals surface area contributed by atoms with Crippen molar-refractivity contribution in [3.8, 4) is 0 Å². The molecule has 0 unspecified atom stereocenters. The Kier molecular flexibility index (Phi) is 5.87. The summed E-state index contributed by atoms with van der Waals surface area (Å²) in [5.74, 6) is -0.480. The number of methoxy groups -OCH3 is 1. The molecule has 2 aromatic heterocycles. The van der Waals surface area contributed by atoms with Crippen molar-refractivity contribution in [1.82, 2.24) is 19.7 Å². The van der Waals surface area contributed by atoms with Gasteiger partial charge in [0, 0.05) is 25.5 Å². The maximum atomic E-state index is 12.5. The number of aromatic nitrogens is 3. The number of rotatable bonds is 5. The van der Waals surface area contributed by atoms with Crippen LogP contribution in [0.25, 0.3) is 0 Å². The van der Waals surface area contributed by atoms with Crippen molar-refractivity contribution in [2.75, 3.05) is 32.1 Å². The Balaban J connectivity index is 1.69. The maximum Gasteiger partial charge on any atom is 0.401 e. The molecular formula is C18H22F3N5O2. The first kappa shape index (κ1) is 20.1. The van der Waals surface area contributed by atoms with Gasteiger partial charge in [0.05, 0.1) is 48.5 Å². The highest BCUT2D eigenvalue weighted by molar-refractivity contribution is 5.96. The fraction of sp³-hybridized carbons (Fsp3) is 0.500. The summed E-state index contributed by atoms with van der Waals surface area (Å²) < 4.78 is 44.2. The molecule has 10 heteroatoms. The standard InChI is InChI=1S/C18H22F3N5O2/c1-12-16(23-15-9-22-6-3-14(15)17(27)28-2)10-26(24-12)13-4-7-25(8-5-13)11-18(19,20)21/h3,6,9-10,13,23H,4-5,7-8,11H2,1-2H3. The van der Waals surface area contributed by atoms with E-state index in [4.69, 9.17) is 4.74 Å². The van der Waals surface area contributed by atoms with E-state index in [9.17, 15) is 18.0 Å². The first-order valence-corrected chi connectivity index (χ1v) is 8.91. The van der Waals surface area contributed by atoms with Gasteiger partial charge < -0.3 is 10.1 Å². The second-order valence-electron chi connectivity index (χ2n) is 6.77. The minimum absolute atomic E-state index is 0.0349. The molecule has 1 saturated heterocycles. The normalized spacial score (nSPS) is 16.2. The van der Waals surface area contributed by atoms with E-state index in [1.807, 2.05) is 13.1 Å². The Morgan fingerprint density at radius 2 is 2.04 bits per heavy atom. The number of alkyl halides is 3. The number of aryl methyl sites for hydroxylation is 1. The van der Waals surface area contributed by atoms with Gasteiger partial charge in [0.2, 0.25) is 0 Å². The monoisotopic (exact) mass is 397 g/mol. The number of hydrogen-bond donors (Lipinski definition) is 1. The van der Waals surface area contributed by atoms with Crippen LogP contribution in [0.2, 0.25) is 0 Å². The lowest BCUT2D eigenvalue weighted by Gasteiger charge is -2.32. The minimum Gasteiger partial charge on any atom is -0.465 e. The number of nitrogens with one attached hydrogen (secondary N) is 1. The lowest BCUT2D eigenvalue weighted by molar-refractivity contribution is -0.148. The highest BCUT2D eigenvalue weighted by Gasteiger charge is 2.33. The number of halogens is 3. The van der Waals surface area contributed by atoms with E-state index in [2.05, 4.69) is 15.4 Å². The molecule has 3 heterocycles. The zero-order valence-electron chi connectivity index (χ0n) is 15.7. The lowest BCUT2D eigenvalue weighted by atomic mass is 10.1. The summed E-state index contributed by atoms with van der Waals surface area (Å²) in [5, 5.41) is 7.65. The van der Waals surface area contributed by atoms with Gasteiger partial charge in [-0.05, 0) is 25.8 Å². The molecule has 0 amide bonds. The van der Waals surface area contributed by atoms with Gasteiger partial charge in [-0.15, -0.1) is 0 Å². The van der Waals surface area contributed by atoms with Crippen molar-refractivity contribution < 1.29 is 22.7 Å². The van der Waals surface area contributed by atoms with Crippen LogP contribution in [-0.4, -0.2) is 58.6 Å². The molecule has 2 aromatic rings. The Morgan fingerprint density at radius 3 is 2.68 bits per heavy atom. The Morgan fingerprint density at radius 1 is 1.32 bits per heavy atom. The van der Waals surface area contributed by atoms with Gasteiger partial charge in [0.1, 0.15) is 0 Å². The molecule has 152 valence electrons. The average Bonchev–Trinajstić information content (AvgIpc) is 3.01. The molecule has 1 aliphatic heterocycles. The van der Waals surface area contributed by atoms with Gasteiger partial charge in [-0.3, -0.25) is 14.6 Å². The molecule has 0 spiro atoms. The first-order valence-electron chi connectivity index (χ1n) is 8.91. The van der Waals surface area contributed by atoms with E-state index in [1.54, 1.807) is 10.7 Å². The quantitative estimate of drug-likeness (QED) is 0.781. The highest BCUT2D eigenvalue weighted by atomic mass is 19.4. The van der Waals surface area contributed by atoms with Crippen molar-refractivity contribution in [3.63, 3.8) is 0 Å². The van der Waals surface area contributed by atoms with Gasteiger partial charge in [-0.25, -0.2) is 4.79 Å². The van der Waals surface area contributed by atoms with Crippen molar-refractivity contribution >= 4 is 17.3 Å². The van der Waals surface area contributed by atoms with Crippen molar-refractivity contribution in [2.24, 2.45) is 0 Å². The van der Waals surface area contributed by atoms with Crippen LogP contribution in [0.15, 0.2) is 24.7 Å². The smallest absolute Gasteiger partial charge is 0.401 e. The average molecular weight is 397 g/mol. The van der Waals surface area contributed by atoms with E-state index in [0.29, 0.717) is 42.9 Å². The molecule has 1 N–H and O–H groups in total. The summed E-state index contributed by atoms with van der Waals surface area (Å²) in [4.78, 5) is 17.3. The number of likely N-dealkylation sites (tertiary alicyclic amines) is 1. The second kappa shape index (κ2) is 8.17. The van der Waals surface area contributed by atoms with Gasteiger partial charge in [-0.2, -0.15) is 18.3 Å². The number of anilines is 2. The molecule has 0 aliphatic carbocycles. The molecule has 1 fully saturated rings. The highest BCUT2D eigenvalue weighted by Crippen LogP contribution is 2.28. The van der Waals surface area contributed by atoms with E-state index in [-0.39, 0.29) is 6.04 Å². The van der Waals surface area contributed by atoms with Gasteiger partial charge in [0.15, 0.2) is 0 Å². The van der Waals surface area contributed by atoms with E-state index >= 15 is 0 Å². The third-order valence-electron chi connectivity index (χ3n) is 4.75. The maximum absolute atomic E-state index is 12.5. The molecule has 28 heavy (non-hydrogen) atoms. The predicted molar refractivity (Wildman–Crippen MR) is 96.6 cm³/mol. The number of pyridine rings is 1. The Hall–Kier alpha value is -2.62. The molecule has 0 bridgehead atoms. The lowest BCUT2D eigenvalue weighted by Crippen LogP contribution is -2.40. The Labute approximate surface area is 160 Å². The van der Waals surface area contributed by atoms with Crippen LogP contribution in [-0.2, 0) is 4.74 Å². The first-order chi connectivity index (χ1) is 13.3. The van der Waals surface area contributed by atoms with Crippen molar-refractivity contribution in [1.29, 1.82) is 0 Å². The van der Waals surface area contributed by atoms with Crippen LogP contribution in [0.4, 0.5) is 24.5 Å². The zero-order chi connectivity index (χ0) is 20.3. The fourth-order valence-electron chi connectivity index (χ4n) is 3.31. The summed E-state index contributed by atoms with van der Waals surface area (Å²) in [6, 6.07) is 1.59. The third kappa shape index (κ3) is 4.80. The number of carbonyl (C=O) groups is 1. The second-order valence-corrected chi connectivity index (χ2v) is 6.77. The largest absolute Gasteiger partial charge is 0.465 e. The van der Waals surface area contributed by atoms with Gasteiger partial charge >= 0.3 is 12.1 Å². The van der Waals surface area contributed by atoms with Crippen LogP contribution in [0.1, 0.15) is 34.9 Å². The molecule has 0 atom stereocenters. The summed E-state index contributed by atoms with van der Waals surface area (Å²) in [6.07, 6.45) is 1.86. The van der Waals surface area contributed by atoms with Crippen LogP contribution in [0, 0.1) is 6.92 Å². The SMILES string of the molecule is COC(=O)c1ccncc1Nc1cn(C2CCN(CC(F)(F)F)CC2)nc1C. The summed E-state index contributed by atoms with van der Waals surface area (Å²) in [6.45, 7) is 1.70. The van der Waals surface area contributed by atoms with Gasteiger partial charge in [-0.1, -0.05) is 0 Å². The van der Waals surface area contributed by atoms with E-state index < -0.39 is 18.7 Å². The molecule has 7 nitrogen and oxygen atoms in total. The van der Waals surface area contributed by atoms with Crippen LogP contribution >= 0.6 is 0 Å². The fourth-order valence-corrected chi connectivity index (χ4v) is 3.31. The predicted octanol–water partition coefficient (Wildman–Crippen LogP) is 3.32. The molecular weight excluding hydrogens is 375 g/mol. The Bertz CT molecular complexity index is 829. The number of esters is 1. The molecule has 3 rings (SSSR count). The molecule has 0 saturated carbocycles. The summed E-state index contributed by atoms with van der Waals surface area (Å²) in [7, 11) is 1.31. The van der Waals surface area contributed by atoms with E-state index in [1.165, 1.54) is 24.4 Å². The minimum atomic E-state index is -4.17. The molecule has 1 aliphatic rings. The van der Waals surface area contributed by atoms with Crippen molar-refractivity contribution in [3.05, 3.63) is 35.9 Å². The van der Waals surface area contributed by atoms with E-state index in [0.717, 1.165) is 5.69 Å². The number of ether oxygens (including phenoxy) is 1. The van der Waals surface area contributed by atoms with Crippen LogP contribution in [0.3, 0.4) is 0 Å². The molecule has 0 radical (unpaired) electrons. The van der Waals surface area contributed by atoms with Gasteiger partial charge in [0.25, 0.3) is 0 Å². The number of piperidine rings is 1. The van der Waals surface area contributed by atoms with Crippen molar-refractivity contribution in [2.45, 2.75) is 32.0 Å². The van der Waals surface area contributed by atoms with Crippen LogP contribution in [0.5, 0.6) is 0 Å². The number of hydrogen-bond acceptors (Lipinski definition) is 6. The summed E-state index contributed by atoms with van der Waals surface area (Å²) >= 11 is 0. The third-order valence-corrected chi connectivity index (χ3v) is 4.75. The number of carbonyl (C=O) groups excluding carboxylic acids is 1.